The third-order valence-electron chi connectivity index (χ3n) is 4.53. The number of hydrogen-bond donors (Lipinski definition) is 2. The van der Waals surface area contributed by atoms with Gasteiger partial charge in [-0.15, -0.1) is 0 Å². The summed E-state index contributed by atoms with van der Waals surface area (Å²) in [5.41, 5.74) is 3.86. The maximum atomic E-state index is 12.9. The van der Waals surface area contributed by atoms with Gasteiger partial charge in [-0.3, -0.25) is 4.79 Å². The van der Waals surface area contributed by atoms with E-state index in [0.717, 1.165) is 27.8 Å². The Morgan fingerprint density at radius 1 is 1.15 bits per heavy atom. The van der Waals surface area contributed by atoms with Crippen LogP contribution in [0.4, 0.5) is 5.69 Å². The SMILES string of the molecule is Cc1noc(C)c1COc1ccccc1C(=O)Nc1cccc2[nH]ccc12. The third-order valence-corrected chi connectivity index (χ3v) is 4.53. The minimum atomic E-state index is -0.224. The van der Waals surface area contributed by atoms with Crippen molar-refractivity contribution in [1.82, 2.24) is 10.1 Å². The van der Waals surface area contributed by atoms with Crippen molar-refractivity contribution in [2.45, 2.75) is 20.5 Å². The molecule has 6 heteroatoms. The molecule has 136 valence electrons. The molecule has 2 heterocycles. The lowest BCUT2D eigenvalue weighted by atomic mass is 10.1. The van der Waals surface area contributed by atoms with Crippen molar-refractivity contribution in [3.8, 4) is 5.75 Å². The Hall–Kier alpha value is -3.54. The number of H-pyrrole nitrogens is 1. The fourth-order valence-electron chi connectivity index (χ4n) is 3.02. The van der Waals surface area contributed by atoms with Gasteiger partial charge in [0.1, 0.15) is 18.1 Å². The molecule has 4 aromatic rings. The Labute approximate surface area is 156 Å². The Morgan fingerprint density at radius 3 is 2.81 bits per heavy atom. The van der Waals surface area contributed by atoms with Crippen LogP contribution in [0, 0.1) is 13.8 Å². The van der Waals surface area contributed by atoms with Crippen molar-refractivity contribution >= 4 is 22.5 Å². The van der Waals surface area contributed by atoms with Gasteiger partial charge in [0.2, 0.25) is 0 Å². The van der Waals surface area contributed by atoms with Crippen LogP contribution < -0.4 is 10.1 Å². The highest BCUT2D eigenvalue weighted by Crippen LogP contribution is 2.26. The molecular formula is C21H19N3O3. The molecule has 0 saturated carbocycles. The van der Waals surface area contributed by atoms with Gasteiger partial charge >= 0.3 is 0 Å². The molecule has 0 fully saturated rings. The number of benzene rings is 2. The zero-order valence-corrected chi connectivity index (χ0v) is 15.1. The highest BCUT2D eigenvalue weighted by molar-refractivity contribution is 6.10. The fraction of sp³-hybridized carbons (Fsp3) is 0.143. The highest BCUT2D eigenvalue weighted by atomic mass is 16.5. The van der Waals surface area contributed by atoms with Crippen molar-refractivity contribution in [2.24, 2.45) is 0 Å². The molecule has 0 saturated heterocycles. The number of nitrogens with one attached hydrogen (secondary N) is 2. The maximum Gasteiger partial charge on any atom is 0.259 e. The molecule has 0 atom stereocenters. The molecule has 2 aromatic carbocycles. The number of carbonyl (C=O) groups excluding carboxylic acids is 1. The second kappa shape index (κ2) is 6.99. The number of ether oxygens (including phenoxy) is 1. The summed E-state index contributed by atoms with van der Waals surface area (Å²) in [6, 6.07) is 14.9. The predicted octanol–water partition coefficient (Wildman–Crippen LogP) is 4.60. The van der Waals surface area contributed by atoms with Crippen molar-refractivity contribution < 1.29 is 14.1 Å². The van der Waals surface area contributed by atoms with Crippen LogP contribution in [-0.4, -0.2) is 16.0 Å². The molecule has 0 radical (unpaired) electrons. The highest BCUT2D eigenvalue weighted by Gasteiger charge is 2.16. The lowest BCUT2D eigenvalue weighted by Crippen LogP contribution is -2.14. The summed E-state index contributed by atoms with van der Waals surface area (Å²) < 4.78 is 11.1. The van der Waals surface area contributed by atoms with Crippen LogP contribution in [0.5, 0.6) is 5.75 Å². The van der Waals surface area contributed by atoms with E-state index < -0.39 is 0 Å². The summed E-state index contributed by atoms with van der Waals surface area (Å²) in [4.78, 5) is 16.0. The van der Waals surface area contributed by atoms with Gasteiger partial charge < -0.3 is 19.6 Å². The number of hydrogen-bond acceptors (Lipinski definition) is 4. The summed E-state index contributed by atoms with van der Waals surface area (Å²) >= 11 is 0. The number of carbonyl (C=O) groups is 1. The first-order chi connectivity index (χ1) is 13.1. The van der Waals surface area contributed by atoms with Crippen molar-refractivity contribution in [3.05, 3.63) is 77.3 Å². The van der Waals surface area contributed by atoms with Crippen LogP contribution in [0.15, 0.2) is 59.3 Å². The number of aryl methyl sites for hydroxylation is 2. The van der Waals surface area contributed by atoms with Gasteiger partial charge in [0.15, 0.2) is 0 Å². The van der Waals surface area contributed by atoms with Crippen LogP contribution >= 0.6 is 0 Å². The average Bonchev–Trinajstić information content (AvgIpc) is 3.28. The second-order valence-electron chi connectivity index (χ2n) is 6.29. The van der Waals surface area contributed by atoms with E-state index in [9.17, 15) is 4.79 Å². The first-order valence-corrected chi connectivity index (χ1v) is 8.64. The normalized spacial score (nSPS) is 10.9. The van der Waals surface area contributed by atoms with E-state index in [4.69, 9.17) is 9.26 Å². The number of aromatic amines is 1. The number of para-hydroxylation sites is 1. The van der Waals surface area contributed by atoms with Gasteiger partial charge in [0.25, 0.3) is 5.91 Å². The summed E-state index contributed by atoms with van der Waals surface area (Å²) in [5.74, 6) is 1.00. The molecule has 1 amide bonds. The van der Waals surface area contributed by atoms with Gasteiger partial charge in [-0.2, -0.15) is 0 Å². The summed E-state index contributed by atoms with van der Waals surface area (Å²) in [6.45, 7) is 4.00. The molecule has 4 rings (SSSR count). The summed E-state index contributed by atoms with van der Waals surface area (Å²) in [6.07, 6.45) is 1.85. The van der Waals surface area contributed by atoms with Crippen LogP contribution in [0.25, 0.3) is 10.9 Å². The van der Waals surface area contributed by atoms with Crippen molar-refractivity contribution in [3.63, 3.8) is 0 Å². The van der Waals surface area contributed by atoms with E-state index >= 15 is 0 Å². The lowest BCUT2D eigenvalue weighted by molar-refractivity contribution is 0.102. The van der Waals surface area contributed by atoms with Gasteiger partial charge in [0.05, 0.1) is 22.5 Å². The Balaban J connectivity index is 1.57. The quantitative estimate of drug-likeness (QED) is 0.544. The standard InChI is InChI=1S/C21H19N3O3/c1-13-17(14(2)27-24-13)12-26-20-9-4-3-6-16(20)21(25)23-19-8-5-7-18-15(19)10-11-22-18/h3-11,22H,12H2,1-2H3,(H,23,25). The molecule has 0 aliphatic carbocycles. The monoisotopic (exact) mass is 361 g/mol. The number of amides is 1. The van der Waals surface area contributed by atoms with Crippen LogP contribution in [0.3, 0.4) is 0 Å². The minimum Gasteiger partial charge on any atom is -0.488 e. The zero-order valence-electron chi connectivity index (χ0n) is 15.1. The van der Waals surface area contributed by atoms with Gasteiger partial charge in [-0.25, -0.2) is 0 Å². The van der Waals surface area contributed by atoms with Gasteiger partial charge in [-0.05, 0) is 44.2 Å². The van der Waals surface area contributed by atoms with E-state index in [1.807, 2.05) is 56.4 Å². The van der Waals surface area contributed by atoms with E-state index in [0.29, 0.717) is 23.7 Å². The van der Waals surface area contributed by atoms with Crippen molar-refractivity contribution in [1.29, 1.82) is 0 Å². The smallest absolute Gasteiger partial charge is 0.259 e. The molecule has 0 aliphatic rings. The van der Waals surface area contributed by atoms with Crippen molar-refractivity contribution in [2.75, 3.05) is 5.32 Å². The third kappa shape index (κ3) is 3.29. The van der Waals surface area contributed by atoms with E-state index in [1.165, 1.54) is 0 Å². The number of fused-ring (bicyclic) bond motifs is 1. The zero-order chi connectivity index (χ0) is 18.8. The molecular weight excluding hydrogens is 342 g/mol. The molecule has 0 unspecified atom stereocenters. The summed E-state index contributed by atoms with van der Waals surface area (Å²) in [5, 5.41) is 7.86. The van der Waals surface area contributed by atoms with Crippen LogP contribution in [0.2, 0.25) is 0 Å². The number of anilines is 1. The lowest BCUT2D eigenvalue weighted by Gasteiger charge is -2.12. The topological polar surface area (TPSA) is 80.2 Å². The van der Waals surface area contributed by atoms with E-state index in [2.05, 4.69) is 15.5 Å². The first-order valence-electron chi connectivity index (χ1n) is 8.64. The molecule has 6 nitrogen and oxygen atoms in total. The predicted molar refractivity (Wildman–Crippen MR) is 103 cm³/mol. The van der Waals surface area contributed by atoms with Crippen LogP contribution in [0.1, 0.15) is 27.4 Å². The molecule has 0 spiro atoms. The number of aromatic nitrogens is 2. The second-order valence-corrected chi connectivity index (χ2v) is 6.29. The van der Waals surface area contributed by atoms with Gasteiger partial charge in [-0.1, -0.05) is 23.4 Å². The maximum absolute atomic E-state index is 12.9. The molecule has 27 heavy (non-hydrogen) atoms. The Kier molecular flexibility index (Phi) is 4.38. The average molecular weight is 361 g/mol. The minimum absolute atomic E-state index is 0.224. The van der Waals surface area contributed by atoms with E-state index in [1.54, 1.807) is 12.1 Å². The molecule has 2 aromatic heterocycles. The van der Waals surface area contributed by atoms with Gasteiger partial charge in [0, 0.05) is 17.1 Å². The number of rotatable bonds is 5. The number of nitrogens with zero attached hydrogens (tertiary/aromatic N) is 1. The Bertz CT molecular complexity index is 1090. The molecule has 0 aliphatic heterocycles. The first kappa shape index (κ1) is 16.9. The summed E-state index contributed by atoms with van der Waals surface area (Å²) in [7, 11) is 0. The molecule has 0 bridgehead atoms. The van der Waals surface area contributed by atoms with E-state index in [-0.39, 0.29) is 5.91 Å². The fourth-order valence-corrected chi connectivity index (χ4v) is 3.02. The van der Waals surface area contributed by atoms with Crippen LogP contribution in [-0.2, 0) is 6.61 Å². The largest absolute Gasteiger partial charge is 0.488 e. The Morgan fingerprint density at radius 2 is 2.00 bits per heavy atom. The molecule has 2 N–H and O–H groups in total.